The van der Waals surface area contributed by atoms with E-state index < -0.39 is 0 Å². The number of fused-ring (bicyclic) bond motifs is 1. The highest BCUT2D eigenvalue weighted by Crippen LogP contribution is 2.38. The van der Waals surface area contributed by atoms with Gasteiger partial charge in [-0.3, -0.25) is 4.79 Å². The van der Waals surface area contributed by atoms with Gasteiger partial charge in [0.25, 0.3) is 0 Å². The fraction of sp³-hybridized carbons (Fsp3) is 0.150. The van der Waals surface area contributed by atoms with Crippen LogP contribution in [0.3, 0.4) is 0 Å². The van der Waals surface area contributed by atoms with Crippen molar-refractivity contribution in [2.75, 3.05) is 21.3 Å². The van der Waals surface area contributed by atoms with Crippen LogP contribution in [0.2, 0.25) is 0 Å². The van der Waals surface area contributed by atoms with Crippen molar-refractivity contribution in [1.82, 2.24) is 0 Å². The molecule has 3 aromatic rings. The lowest BCUT2D eigenvalue weighted by atomic mass is 9.97. The summed E-state index contributed by atoms with van der Waals surface area (Å²) < 4.78 is 17.0. The quantitative estimate of drug-likeness (QED) is 0.573. The second-order valence-corrected chi connectivity index (χ2v) is 6.23. The second kappa shape index (κ2) is 7.15. The summed E-state index contributed by atoms with van der Waals surface area (Å²) in [6.45, 7) is 0. The van der Waals surface area contributed by atoms with Gasteiger partial charge in [0.15, 0.2) is 5.78 Å². The first kappa shape index (κ1) is 17.3. The van der Waals surface area contributed by atoms with Crippen molar-refractivity contribution in [2.24, 2.45) is 0 Å². The smallest absolute Gasteiger partial charge is 0.198 e. The van der Waals surface area contributed by atoms with E-state index >= 15 is 0 Å². The highest BCUT2D eigenvalue weighted by atomic mass is 79.9. The molecule has 0 fully saturated rings. The van der Waals surface area contributed by atoms with Crippen LogP contribution in [0.25, 0.3) is 10.8 Å². The summed E-state index contributed by atoms with van der Waals surface area (Å²) in [5.74, 6) is 1.58. The van der Waals surface area contributed by atoms with Crippen molar-refractivity contribution in [1.29, 1.82) is 0 Å². The van der Waals surface area contributed by atoms with Crippen molar-refractivity contribution in [3.05, 3.63) is 64.1 Å². The van der Waals surface area contributed by atoms with Gasteiger partial charge in [0.05, 0.1) is 26.9 Å². The Morgan fingerprint density at radius 2 is 1.56 bits per heavy atom. The molecule has 0 saturated heterocycles. The van der Waals surface area contributed by atoms with Gasteiger partial charge in [0.2, 0.25) is 0 Å². The summed E-state index contributed by atoms with van der Waals surface area (Å²) in [7, 11) is 4.72. The Labute approximate surface area is 154 Å². The first-order valence-electron chi connectivity index (χ1n) is 7.62. The molecule has 25 heavy (non-hydrogen) atoms. The number of rotatable bonds is 5. The summed E-state index contributed by atoms with van der Waals surface area (Å²) >= 11 is 3.44. The summed E-state index contributed by atoms with van der Waals surface area (Å²) in [6, 6.07) is 14.7. The molecular weight excluding hydrogens is 384 g/mol. The van der Waals surface area contributed by atoms with E-state index in [1.165, 1.54) is 0 Å². The lowest BCUT2D eigenvalue weighted by Crippen LogP contribution is -2.06. The van der Waals surface area contributed by atoms with Crippen LogP contribution in [-0.4, -0.2) is 27.1 Å². The van der Waals surface area contributed by atoms with Gasteiger partial charge < -0.3 is 14.2 Å². The Kier molecular flexibility index (Phi) is 4.95. The molecular formula is C20H17BrO4. The minimum atomic E-state index is -0.174. The number of benzene rings is 3. The number of methoxy groups -OCH3 is 3. The zero-order chi connectivity index (χ0) is 18.0. The zero-order valence-corrected chi connectivity index (χ0v) is 15.7. The van der Waals surface area contributed by atoms with E-state index in [2.05, 4.69) is 15.9 Å². The van der Waals surface area contributed by atoms with Gasteiger partial charge in [0.1, 0.15) is 17.2 Å². The van der Waals surface area contributed by atoms with Crippen LogP contribution in [0.1, 0.15) is 15.9 Å². The Morgan fingerprint density at radius 1 is 0.840 bits per heavy atom. The van der Waals surface area contributed by atoms with Crippen LogP contribution in [0.15, 0.2) is 53.0 Å². The number of carbonyl (C=O) groups is 1. The number of hydrogen-bond donors (Lipinski definition) is 0. The molecule has 0 amide bonds. The first-order chi connectivity index (χ1) is 12.1. The van der Waals surface area contributed by atoms with Gasteiger partial charge >= 0.3 is 0 Å². The Hall–Kier alpha value is -2.53. The van der Waals surface area contributed by atoms with Crippen molar-refractivity contribution in [3.8, 4) is 17.2 Å². The molecule has 4 nitrogen and oxygen atoms in total. The van der Waals surface area contributed by atoms with Crippen LogP contribution in [0.5, 0.6) is 17.2 Å². The van der Waals surface area contributed by atoms with E-state index in [9.17, 15) is 4.79 Å². The van der Waals surface area contributed by atoms with Crippen molar-refractivity contribution in [2.45, 2.75) is 0 Å². The largest absolute Gasteiger partial charge is 0.497 e. The van der Waals surface area contributed by atoms with Crippen LogP contribution in [0, 0.1) is 0 Å². The molecule has 0 saturated carbocycles. The highest BCUT2D eigenvalue weighted by molar-refractivity contribution is 9.10. The maximum atomic E-state index is 13.2. The zero-order valence-electron chi connectivity index (χ0n) is 14.1. The van der Waals surface area contributed by atoms with Gasteiger partial charge in [0, 0.05) is 20.8 Å². The van der Waals surface area contributed by atoms with Crippen LogP contribution in [-0.2, 0) is 0 Å². The van der Waals surface area contributed by atoms with Gasteiger partial charge in [-0.1, -0.05) is 40.2 Å². The fourth-order valence-corrected chi connectivity index (χ4v) is 3.25. The minimum Gasteiger partial charge on any atom is -0.497 e. The lowest BCUT2D eigenvalue weighted by Gasteiger charge is -2.15. The molecule has 0 N–H and O–H groups in total. The lowest BCUT2D eigenvalue weighted by molar-refractivity contribution is 0.103. The average molecular weight is 401 g/mol. The molecule has 0 spiro atoms. The van der Waals surface area contributed by atoms with Crippen LogP contribution in [0.4, 0.5) is 0 Å². The van der Waals surface area contributed by atoms with E-state index in [-0.39, 0.29) is 5.78 Å². The fourth-order valence-electron chi connectivity index (χ4n) is 2.82. The number of ketones is 1. The normalized spacial score (nSPS) is 10.6. The van der Waals surface area contributed by atoms with E-state index in [4.69, 9.17) is 14.2 Å². The average Bonchev–Trinajstić information content (AvgIpc) is 2.66. The predicted molar refractivity (Wildman–Crippen MR) is 101 cm³/mol. The number of hydrogen-bond acceptors (Lipinski definition) is 4. The number of halogens is 1. The Bertz CT molecular complexity index is 950. The van der Waals surface area contributed by atoms with Crippen molar-refractivity contribution >= 4 is 32.5 Å². The van der Waals surface area contributed by atoms with Gasteiger partial charge in [-0.2, -0.15) is 0 Å². The molecule has 0 bridgehead atoms. The van der Waals surface area contributed by atoms with Gasteiger partial charge in [-0.15, -0.1) is 0 Å². The number of ether oxygens (including phenoxy) is 3. The minimum absolute atomic E-state index is 0.174. The summed E-state index contributed by atoms with van der Waals surface area (Å²) in [5, 5.41) is 1.72. The standard InChI is InChI=1S/C20H17BrO4/c1-23-12-8-9-17(21)15(10-12)19(22)16-11-18(24-2)13-6-4-5-7-14(13)20(16)25-3/h4-11H,1-3H3. The SMILES string of the molecule is COc1ccc(Br)c(C(=O)c2cc(OC)c3ccccc3c2OC)c1. The van der Waals surface area contributed by atoms with E-state index in [0.717, 1.165) is 10.8 Å². The van der Waals surface area contributed by atoms with E-state index in [0.29, 0.717) is 32.8 Å². The molecule has 0 heterocycles. The van der Waals surface area contributed by atoms with Crippen molar-refractivity contribution < 1.29 is 19.0 Å². The van der Waals surface area contributed by atoms with E-state index in [1.54, 1.807) is 45.6 Å². The molecule has 3 rings (SSSR count). The highest BCUT2D eigenvalue weighted by Gasteiger charge is 2.22. The van der Waals surface area contributed by atoms with Crippen molar-refractivity contribution in [3.63, 3.8) is 0 Å². The number of carbonyl (C=O) groups excluding carboxylic acids is 1. The van der Waals surface area contributed by atoms with Crippen LogP contribution < -0.4 is 14.2 Å². The molecule has 0 atom stereocenters. The van der Waals surface area contributed by atoms with Gasteiger partial charge in [-0.05, 0) is 24.3 Å². The Morgan fingerprint density at radius 3 is 2.20 bits per heavy atom. The summed E-state index contributed by atoms with van der Waals surface area (Å²) in [6.07, 6.45) is 0. The molecule has 0 aliphatic rings. The third-order valence-corrected chi connectivity index (χ3v) is 4.74. The third kappa shape index (κ3) is 3.07. The molecule has 0 aromatic heterocycles. The maximum absolute atomic E-state index is 13.2. The molecule has 128 valence electrons. The summed E-state index contributed by atoms with van der Waals surface area (Å²) in [4.78, 5) is 13.2. The van der Waals surface area contributed by atoms with Gasteiger partial charge in [-0.25, -0.2) is 0 Å². The molecule has 0 aliphatic carbocycles. The molecule has 5 heteroatoms. The summed E-state index contributed by atoms with van der Waals surface area (Å²) in [5.41, 5.74) is 0.932. The maximum Gasteiger partial charge on any atom is 0.198 e. The molecule has 0 aliphatic heterocycles. The predicted octanol–water partition coefficient (Wildman–Crippen LogP) is 4.86. The first-order valence-corrected chi connectivity index (χ1v) is 8.42. The van der Waals surface area contributed by atoms with Crippen LogP contribution >= 0.6 is 15.9 Å². The topological polar surface area (TPSA) is 44.8 Å². The monoisotopic (exact) mass is 400 g/mol. The van der Waals surface area contributed by atoms with E-state index in [1.807, 2.05) is 24.3 Å². The second-order valence-electron chi connectivity index (χ2n) is 5.38. The third-order valence-electron chi connectivity index (χ3n) is 4.04. The Balaban J connectivity index is 2.26. The molecule has 0 radical (unpaired) electrons. The molecule has 3 aromatic carbocycles. The molecule has 0 unspecified atom stereocenters.